The van der Waals surface area contributed by atoms with Crippen LogP contribution in [0.15, 0.2) is 61.1 Å². The summed E-state index contributed by atoms with van der Waals surface area (Å²) in [6.07, 6.45) is 5.39. The summed E-state index contributed by atoms with van der Waals surface area (Å²) in [6, 6.07) is 14.5. The SMILES string of the molecule is CC(Nc1cccc(-c2ccn[nH]2)c1)c1ccncc1. The second kappa shape index (κ2) is 5.57. The Morgan fingerprint density at radius 1 is 1.05 bits per heavy atom. The summed E-state index contributed by atoms with van der Waals surface area (Å²) >= 11 is 0. The summed E-state index contributed by atoms with van der Waals surface area (Å²) < 4.78 is 0. The van der Waals surface area contributed by atoms with Gasteiger partial charge in [-0.05, 0) is 42.8 Å². The van der Waals surface area contributed by atoms with Crippen molar-refractivity contribution >= 4 is 5.69 Å². The van der Waals surface area contributed by atoms with Gasteiger partial charge in [0.05, 0.1) is 5.69 Å². The quantitative estimate of drug-likeness (QED) is 0.756. The fourth-order valence-corrected chi connectivity index (χ4v) is 2.18. The van der Waals surface area contributed by atoms with Crippen LogP contribution in [0.2, 0.25) is 0 Å². The zero-order valence-electron chi connectivity index (χ0n) is 11.2. The number of anilines is 1. The van der Waals surface area contributed by atoms with E-state index in [1.54, 1.807) is 6.20 Å². The number of nitrogens with zero attached hydrogens (tertiary/aromatic N) is 2. The molecule has 0 saturated carbocycles. The van der Waals surface area contributed by atoms with Crippen LogP contribution in [0.25, 0.3) is 11.3 Å². The van der Waals surface area contributed by atoms with E-state index in [0.717, 1.165) is 16.9 Å². The maximum absolute atomic E-state index is 4.04. The van der Waals surface area contributed by atoms with Crippen molar-refractivity contribution in [2.75, 3.05) is 5.32 Å². The Morgan fingerprint density at radius 3 is 2.65 bits per heavy atom. The minimum atomic E-state index is 0.231. The molecule has 3 rings (SSSR count). The predicted molar refractivity (Wildman–Crippen MR) is 80.3 cm³/mol. The summed E-state index contributed by atoms with van der Waals surface area (Å²) in [4.78, 5) is 4.04. The molecule has 2 aromatic heterocycles. The lowest BCUT2D eigenvalue weighted by atomic mass is 10.1. The van der Waals surface area contributed by atoms with Crippen molar-refractivity contribution < 1.29 is 0 Å². The van der Waals surface area contributed by atoms with Crippen molar-refractivity contribution in [3.63, 3.8) is 0 Å². The van der Waals surface area contributed by atoms with E-state index in [1.165, 1.54) is 5.56 Å². The molecule has 0 spiro atoms. The molecule has 1 aromatic carbocycles. The van der Waals surface area contributed by atoms with Crippen LogP contribution in [-0.4, -0.2) is 15.2 Å². The number of nitrogens with one attached hydrogen (secondary N) is 2. The Kier molecular flexibility index (Phi) is 3.46. The maximum Gasteiger partial charge on any atom is 0.0650 e. The van der Waals surface area contributed by atoms with E-state index in [2.05, 4.69) is 45.6 Å². The minimum absolute atomic E-state index is 0.231. The Bertz CT molecular complexity index is 662. The van der Waals surface area contributed by atoms with Gasteiger partial charge in [0.2, 0.25) is 0 Å². The number of H-pyrrole nitrogens is 1. The Hall–Kier alpha value is -2.62. The summed E-state index contributed by atoms with van der Waals surface area (Å²) in [6.45, 7) is 2.14. The van der Waals surface area contributed by atoms with Gasteiger partial charge < -0.3 is 5.32 Å². The van der Waals surface area contributed by atoms with E-state index in [0.29, 0.717) is 0 Å². The molecular weight excluding hydrogens is 248 g/mol. The molecule has 1 atom stereocenters. The van der Waals surface area contributed by atoms with Gasteiger partial charge >= 0.3 is 0 Å². The molecule has 0 aliphatic rings. The van der Waals surface area contributed by atoms with Crippen LogP contribution in [-0.2, 0) is 0 Å². The number of hydrogen-bond donors (Lipinski definition) is 2. The summed E-state index contributed by atoms with van der Waals surface area (Å²) in [5.74, 6) is 0. The van der Waals surface area contributed by atoms with E-state index in [-0.39, 0.29) is 6.04 Å². The second-order valence-electron chi connectivity index (χ2n) is 4.70. The van der Waals surface area contributed by atoms with Crippen LogP contribution in [0.3, 0.4) is 0 Å². The Labute approximate surface area is 117 Å². The highest BCUT2D eigenvalue weighted by Crippen LogP contribution is 2.23. The molecule has 4 nitrogen and oxygen atoms in total. The van der Waals surface area contributed by atoms with Gasteiger partial charge in [0, 0.05) is 35.9 Å². The van der Waals surface area contributed by atoms with Crippen molar-refractivity contribution in [1.82, 2.24) is 15.2 Å². The molecule has 0 radical (unpaired) electrons. The van der Waals surface area contributed by atoms with Gasteiger partial charge in [-0.1, -0.05) is 12.1 Å². The molecule has 2 heterocycles. The number of aromatic amines is 1. The first-order valence-corrected chi connectivity index (χ1v) is 6.59. The zero-order valence-corrected chi connectivity index (χ0v) is 11.2. The summed E-state index contributed by atoms with van der Waals surface area (Å²) in [7, 11) is 0. The predicted octanol–water partition coefficient (Wildman–Crippen LogP) is 3.64. The lowest BCUT2D eigenvalue weighted by molar-refractivity contribution is 0.881. The molecular formula is C16H16N4. The fourth-order valence-electron chi connectivity index (χ4n) is 2.18. The van der Waals surface area contributed by atoms with E-state index >= 15 is 0 Å². The highest BCUT2D eigenvalue weighted by molar-refractivity contribution is 5.64. The van der Waals surface area contributed by atoms with Gasteiger partial charge in [0.15, 0.2) is 0 Å². The minimum Gasteiger partial charge on any atom is -0.379 e. The van der Waals surface area contributed by atoms with Crippen LogP contribution >= 0.6 is 0 Å². The van der Waals surface area contributed by atoms with Crippen LogP contribution < -0.4 is 5.32 Å². The first-order chi connectivity index (χ1) is 9.83. The number of benzene rings is 1. The van der Waals surface area contributed by atoms with Crippen molar-refractivity contribution in [1.29, 1.82) is 0 Å². The molecule has 0 aliphatic heterocycles. The third-order valence-corrected chi connectivity index (χ3v) is 3.26. The van der Waals surface area contributed by atoms with Crippen LogP contribution in [0.5, 0.6) is 0 Å². The molecule has 2 N–H and O–H groups in total. The van der Waals surface area contributed by atoms with Crippen molar-refractivity contribution in [3.05, 3.63) is 66.6 Å². The van der Waals surface area contributed by atoms with Crippen LogP contribution in [0, 0.1) is 0 Å². The smallest absolute Gasteiger partial charge is 0.0650 e. The molecule has 100 valence electrons. The van der Waals surface area contributed by atoms with Gasteiger partial charge in [-0.2, -0.15) is 5.10 Å². The molecule has 0 saturated heterocycles. The third kappa shape index (κ3) is 2.69. The number of pyridine rings is 1. The van der Waals surface area contributed by atoms with Crippen LogP contribution in [0.4, 0.5) is 5.69 Å². The molecule has 0 fully saturated rings. The topological polar surface area (TPSA) is 53.6 Å². The highest BCUT2D eigenvalue weighted by atomic mass is 15.1. The molecule has 20 heavy (non-hydrogen) atoms. The summed E-state index contributed by atoms with van der Waals surface area (Å²) in [5, 5.41) is 10.5. The summed E-state index contributed by atoms with van der Waals surface area (Å²) in [5.41, 5.74) is 4.44. The normalized spacial score (nSPS) is 12.1. The van der Waals surface area contributed by atoms with Crippen LogP contribution in [0.1, 0.15) is 18.5 Å². The van der Waals surface area contributed by atoms with Crippen molar-refractivity contribution in [3.8, 4) is 11.3 Å². The number of hydrogen-bond acceptors (Lipinski definition) is 3. The van der Waals surface area contributed by atoms with Gasteiger partial charge in [-0.3, -0.25) is 10.1 Å². The fraction of sp³-hybridized carbons (Fsp3) is 0.125. The molecule has 3 aromatic rings. The number of rotatable bonds is 4. The first kappa shape index (κ1) is 12.4. The maximum atomic E-state index is 4.04. The third-order valence-electron chi connectivity index (χ3n) is 3.26. The first-order valence-electron chi connectivity index (χ1n) is 6.59. The average molecular weight is 264 g/mol. The lowest BCUT2D eigenvalue weighted by Crippen LogP contribution is -2.06. The number of aromatic nitrogens is 3. The zero-order chi connectivity index (χ0) is 13.8. The Balaban J connectivity index is 1.80. The lowest BCUT2D eigenvalue weighted by Gasteiger charge is -2.16. The largest absolute Gasteiger partial charge is 0.379 e. The molecule has 1 unspecified atom stereocenters. The van der Waals surface area contributed by atoms with E-state index < -0.39 is 0 Å². The van der Waals surface area contributed by atoms with E-state index in [1.807, 2.05) is 36.7 Å². The molecule has 0 bridgehead atoms. The molecule has 0 aliphatic carbocycles. The Morgan fingerprint density at radius 2 is 1.90 bits per heavy atom. The van der Waals surface area contributed by atoms with E-state index in [4.69, 9.17) is 0 Å². The standard InChI is InChI=1S/C16H16N4/c1-12(13-5-8-17-9-6-13)19-15-4-2-3-14(11-15)16-7-10-18-20-16/h2-12,19H,1H3,(H,18,20). The van der Waals surface area contributed by atoms with Gasteiger partial charge in [-0.15, -0.1) is 0 Å². The van der Waals surface area contributed by atoms with Gasteiger partial charge in [0.25, 0.3) is 0 Å². The average Bonchev–Trinajstić information content (AvgIpc) is 3.03. The van der Waals surface area contributed by atoms with Gasteiger partial charge in [-0.25, -0.2) is 0 Å². The van der Waals surface area contributed by atoms with Crippen molar-refractivity contribution in [2.24, 2.45) is 0 Å². The monoisotopic (exact) mass is 264 g/mol. The molecule has 0 amide bonds. The highest BCUT2D eigenvalue weighted by Gasteiger charge is 2.06. The van der Waals surface area contributed by atoms with Crippen molar-refractivity contribution in [2.45, 2.75) is 13.0 Å². The second-order valence-corrected chi connectivity index (χ2v) is 4.70. The molecule has 4 heteroatoms. The van der Waals surface area contributed by atoms with E-state index in [9.17, 15) is 0 Å². The van der Waals surface area contributed by atoms with Gasteiger partial charge in [0.1, 0.15) is 0 Å².